The largest absolute Gasteiger partial charge is 0.389 e. The van der Waals surface area contributed by atoms with E-state index in [4.69, 9.17) is 18.0 Å². The summed E-state index contributed by atoms with van der Waals surface area (Å²) in [4.78, 5) is 2.75. The van der Waals surface area contributed by atoms with Gasteiger partial charge in [0.2, 0.25) is 0 Å². The van der Waals surface area contributed by atoms with Gasteiger partial charge in [0.15, 0.2) is 0 Å². The summed E-state index contributed by atoms with van der Waals surface area (Å²) >= 11 is 5.19. The van der Waals surface area contributed by atoms with Crippen molar-refractivity contribution in [2.24, 2.45) is 5.73 Å². The molecule has 0 atom stereocenters. The van der Waals surface area contributed by atoms with Gasteiger partial charge in [0, 0.05) is 24.3 Å². The first-order valence-electron chi connectivity index (χ1n) is 6.81. The van der Waals surface area contributed by atoms with Gasteiger partial charge in [-0.15, -0.1) is 0 Å². The van der Waals surface area contributed by atoms with E-state index < -0.39 is 0 Å². The van der Waals surface area contributed by atoms with Crippen LogP contribution in [0.5, 0.6) is 0 Å². The van der Waals surface area contributed by atoms with Crippen LogP contribution in [-0.2, 0) is 6.54 Å². The van der Waals surface area contributed by atoms with E-state index in [1.807, 2.05) is 6.07 Å². The van der Waals surface area contributed by atoms with E-state index in [-0.39, 0.29) is 0 Å². The first-order chi connectivity index (χ1) is 9.61. The third kappa shape index (κ3) is 3.36. The maximum atomic E-state index is 5.87. The van der Waals surface area contributed by atoms with E-state index in [1.165, 1.54) is 11.1 Å². The predicted octanol–water partition coefficient (Wildman–Crippen LogP) is 3.66. The number of anilines is 1. The molecule has 0 unspecified atom stereocenters. The van der Waals surface area contributed by atoms with Gasteiger partial charge in [-0.2, -0.15) is 0 Å². The minimum absolute atomic E-state index is 0.454. The lowest BCUT2D eigenvalue weighted by Gasteiger charge is -2.26. The van der Waals surface area contributed by atoms with Gasteiger partial charge in [0.05, 0.1) is 0 Å². The van der Waals surface area contributed by atoms with Crippen molar-refractivity contribution in [3.05, 3.63) is 65.2 Å². The number of benzene rings is 2. The second kappa shape index (κ2) is 6.53. The lowest BCUT2D eigenvalue weighted by atomic mass is 10.1. The summed E-state index contributed by atoms with van der Waals surface area (Å²) in [6, 6.07) is 16.7. The lowest BCUT2D eigenvalue weighted by Crippen LogP contribution is -2.25. The summed E-state index contributed by atoms with van der Waals surface area (Å²) in [7, 11) is 0. The maximum absolute atomic E-state index is 5.87. The molecule has 0 aromatic heterocycles. The summed E-state index contributed by atoms with van der Waals surface area (Å²) in [5.74, 6) is 0. The number of thiocarbonyl (C=S) groups is 1. The molecule has 0 aliphatic carbocycles. The summed E-state index contributed by atoms with van der Waals surface area (Å²) in [5.41, 5.74) is 10.4. The second-order valence-electron chi connectivity index (χ2n) is 4.88. The van der Waals surface area contributed by atoms with Crippen molar-refractivity contribution in [2.45, 2.75) is 20.4 Å². The van der Waals surface area contributed by atoms with Gasteiger partial charge in [-0.1, -0.05) is 54.2 Å². The van der Waals surface area contributed by atoms with Gasteiger partial charge in [0.25, 0.3) is 0 Å². The van der Waals surface area contributed by atoms with Crippen molar-refractivity contribution in [1.29, 1.82) is 0 Å². The Labute approximate surface area is 126 Å². The fourth-order valence-electron chi connectivity index (χ4n) is 2.29. The van der Waals surface area contributed by atoms with Crippen LogP contribution in [0, 0.1) is 6.92 Å². The Morgan fingerprint density at radius 3 is 2.45 bits per heavy atom. The van der Waals surface area contributed by atoms with Crippen molar-refractivity contribution in [3.8, 4) is 0 Å². The molecule has 0 heterocycles. The third-order valence-corrected chi connectivity index (χ3v) is 3.58. The molecule has 0 fully saturated rings. The fraction of sp³-hybridized carbons (Fsp3) is 0.235. The highest BCUT2D eigenvalue weighted by Gasteiger charge is 2.12. The molecule has 20 heavy (non-hydrogen) atoms. The number of rotatable bonds is 5. The van der Waals surface area contributed by atoms with E-state index in [2.05, 4.69) is 61.2 Å². The molecule has 0 saturated carbocycles. The van der Waals surface area contributed by atoms with Crippen LogP contribution in [0.4, 0.5) is 5.69 Å². The summed E-state index contributed by atoms with van der Waals surface area (Å²) < 4.78 is 0. The summed E-state index contributed by atoms with van der Waals surface area (Å²) in [5, 5.41) is 0. The number of nitrogens with zero attached hydrogens (tertiary/aromatic N) is 1. The highest BCUT2D eigenvalue weighted by Crippen LogP contribution is 2.23. The second-order valence-corrected chi connectivity index (χ2v) is 5.32. The van der Waals surface area contributed by atoms with Crippen LogP contribution in [0.2, 0.25) is 0 Å². The van der Waals surface area contributed by atoms with Crippen LogP contribution in [0.25, 0.3) is 0 Å². The Balaban J connectivity index is 2.34. The molecule has 0 saturated heterocycles. The van der Waals surface area contributed by atoms with E-state index in [0.29, 0.717) is 4.99 Å². The highest BCUT2D eigenvalue weighted by atomic mass is 32.1. The van der Waals surface area contributed by atoms with Gasteiger partial charge in [-0.3, -0.25) is 0 Å². The first kappa shape index (κ1) is 14.5. The smallest absolute Gasteiger partial charge is 0.106 e. The zero-order chi connectivity index (χ0) is 14.5. The van der Waals surface area contributed by atoms with E-state index >= 15 is 0 Å². The SMILES string of the molecule is CCN(Cc1ccccc1)c1ccc(C)cc1C(N)=S. The van der Waals surface area contributed by atoms with Crippen LogP contribution in [-0.4, -0.2) is 11.5 Å². The lowest BCUT2D eigenvalue weighted by molar-refractivity contribution is 0.831. The number of hydrogen-bond donors (Lipinski definition) is 1. The van der Waals surface area contributed by atoms with Crippen LogP contribution in [0.1, 0.15) is 23.6 Å². The van der Waals surface area contributed by atoms with Crippen LogP contribution < -0.4 is 10.6 Å². The summed E-state index contributed by atoms with van der Waals surface area (Å²) in [6.45, 7) is 5.97. The highest BCUT2D eigenvalue weighted by molar-refractivity contribution is 7.80. The Morgan fingerprint density at radius 1 is 1.15 bits per heavy atom. The molecular weight excluding hydrogens is 264 g/mol. The molecule has 2 N–H and O–H groups in total. The Kier molecular flexibility index (Phi) is 4.74. The van der Waals surface area contributed by atoms with Gasteiger partial charge < -0.3 is 10.6 Å². The molecule has 3 heteroatoms. The molecular formula is C17H20N2S. The van der Waals surface area contributed by atoms with Crippen molar-refractivity contribution < 1.29 is 0 Å². The number of nitrogens with two attached hydrogens (primary N) is 1. The van der Waals surface area contributed by atoms with Gasteiger partial charge in [-0.25, -0.2) is 0 Å². The van der Waals surface area contributed by atoms with E-state index in [0.717, 1.165) is 24.3 Å². The molecule has 0 bridgehead atoms. The molecule has 2 aromatic rings. The fourth-order valence-corrected chi connectivity index (χ4v) is 2.46. The van der Waals surface area contributed by atoms with E-state index in [9.17, 15) is 0 Å². The van der Waals surface area contributed by atoms with E-state index in [1.54, 1.807) is 0 Å². The van der Waals surface area contributed by atoms with Gasteiger partial charge in [0.1, 0.15) is 4.99 Å². The van der Waals surface area contributed by atoms with Crippen molar-refractivity contribution in [3.63, 3.8) is 0 Å². The van der Waals surface area contributed by atoms with Crippen molar-refractivity contribution in [1.82, 2.24) is 0 Å². The number of hydrogen-bond acceptors (Lipinski definition) is 2. The third-order valence-electron chi connectivity index (χ3n) is 3.36. The number of aryl methyl sites for hydroxylation is 1. The minimum Gasteiger partial charge on any atom is -0.389 e. The van der Waals surface area contributed by atoms with Crippen LogP contribution in [0.15, 0.2) is 48.5 Å². The maximum Gasteiger partial charge on any atom is 0.106 e. The monoisotopic (exact) mass is 284 g/mol. The molecule has 0 aliphatic heterocycles. The predicted molar refractivity (Wildman–Crippen MR) is 90.2 cm³/mol. The van der Waals surface area contributed by atoms with Crippen molar-refractivity contribution in [2.75, 3.05) is 11.4 Å². The molecule has 2 rings (SSSR count). The minimum atomic E-state index is 0.454. The molecule has 2 aromatic carbocycles. The van der Waals surface area contributed by atoms with Gasteiger partial charge in [-0.05, 0) is 31.5 Å². The average Bonchev–Trinajstić information content (AvgIpc) is 2.46. The van der Waals surface area contributed by atoms with Crippen molar-refractivity contribution >= 4 is 22.9 Å². The van der Waals surface area contributed by atoms with Crippen LogP contribution in [0.3, 0.4) is 0 Å². The topological polar surface area (TPSA) is 29.3 Å². The molecule has 0 spiro atoms. The normalized spacial score (nSPS) is 10.3. The molecule has 2 nitrogen and oxygen atoms in total. The Bertz CT molecular complexity index is 593. The summed E-state index contributed by atoms with van der Waals surface area (Å²) in [6.07, 6.45) is 0. The standard InChI is InChI=1S/C17H20N2S/c1-3-19(12-14-7-5-4-6-8-14)16-10-9-13(2)11-15(16)17(18)20/h4-11H,3,12H2,1-2H3,(H2,18,20). The molecule has 0 amide bonds. The molecule has 0 radical (unpaired) electrons. The zero-order valence-corrected chi connectivity index (χ0v) is 12.8. The quantitative estimate of drug-likeness (QED) is 0.850. The Morgan fingerprint density at radius 2 is 1.85 bits per heavy atom. The zero-order valence-electron chi connectivity index (χ0n) is 12.0. The Hall–Kier alpha value is -1.87. The first-order valence-corrected chi connectivity index (χ1v) is 7.22. The molecule has 0 aliphatic rings. The average molecular weight is 284 g/mol. The molecule has 104 valence electrons. The van der Waals surface area contributed by atoms with Crippen LogP contribution >= 0.6 is 12.2 Å². The van der Waals surface area contributed by atoms with Gasteiger partial charge >= 0.3 is 0 Å².